The average molecular weight is 282 g/mol. The third-order valence-electron chi connectivity index (χ3n) is 3.46. The van der Waals surface area contributed by atoms with Crippen molar-refractivity contribution in [2.45, 2.75) is 37.4 Å². The zero-order valence-corrected chi connectivity index (χ0v) is 11.3. The number of aliphatic hydroxyl groups is 3. The van der Waals surface area contributed by atoms with Crippen molar-refractivity contribution in [3.63, 3.8) is 0 Å². The van der Waals surface area contributed by atoms with Crippen molar-refractivity contribution in [1.82, 2.24) is 10.9 Å². The van der Waals surface area contributed by atoms with Crippen LogP contribution in [0.5, 0.6) is 0 Å². The summed E-state index contributed by atoms with van der Waals surface area (Å²) >= 11 is 0. The summed E-state index contributed by atoms with van der Waals surface area (Å²) < 4.78 is 5.79. The number of nitrogens with one attached hydrogen (secondary N) is 2. The van der Waals surface area contributed by atoms with Gasteiger partial charge in [0.1, 0.15) is 6.10 Å². The quantitative estimate of drug-likeness (QED) is 0.467. The van der Waals surface area contributed by atoms with Gasteiger partial charge in [0.05, 0.1) is 24.9 Å². The fraction of sp³-hybridized carbons (Fsp3) is 0.571. The molecule has 1 aliphatic rings. The highest BCUT2D eigenvalue weighted by atomic mass is 16.5. The van der Waals surface area contributed by atoms with E-state index in [1.54, 1.807) is 0 Å². The van der Waals surface area contributed by atoms with E-state index in [2.05, 4.69) is 10.9 Å². The van der Waals surface area contributed by atoms with Crippen molar-refractivity contribution >= 4 is 0 Å². The summed E-state index contributed by atoms with van der Waals surface area (Å²) in [6, 6.07) is 9.23. The van der Waals surface area contributed by atoms with Crippen molar-refractivity contribution < 1.29 is 20.1 Å². The van der Waals surface area contributed by atoms with Gasteiger partial charge in [-0.15, -0.1) is 0 Å². The molecule has 0 bridgehead atoms. The van der Waals surface area contributed by atoms with Crippen molar-refractivity contribution in [3.8, 4) is 0 Å². The first-order chi connectivity index (χ1) is 9.72. The number of rotatable bonds is 6. The molecule has 4 atom stereocenters. The van der Waals surface area contributed by atoms with E-state index < -0.39 is 24.4 Å². The predicted molar refractivity (Wildman–Crippen MR) is 73.7 cm³/mol. The topological polar surface area (TPSA) is 94.0 Å². The molecule has 20 heavy (non-hydrogen) atoms. The van der Waals surface area contributed by atoms with E-state index in [0.29, 0.717) is 13.0 Å². The van der Waals surface area contributed by atoms with Gasteiger partial charge in [-0.1, -0.05) is 30.3 Å². The molecule has 0 aromatic heterocycles. The number of hydrazine groups is 1. The minimum Gasteiger partial charge on any atom is -0.396 e. The maximum Gasteiger partial charge on any atom is 0.100 e. The van der Waals surface area contributed by atoms with Crippen LogP contribution in [0.15, 0.2) is 30.3 Å². The molecule has 0 unspecified atom stereocenters. The Bertz CT molecular complexity index is 390. The largest absolute Gasteiger partial charge is 0.396 e. The molecule has 0 aliphatic carbocycles. The van der Waals surface area contributed by atoms with Gasteiger partial charge in [-0.3, -0.25) is 5.43 Å². The monoisotopic (exact) mass is 282 g/mol. The molecule has 1 aromatic carbocycles. The van der Waals surface area contributed by atoms with Crippen LogP contribution in [-0.4, -0.2) is 52.8 Å². The molecule has 6 heteroatoms. The number of hydrogen-bond donors (Lipinski definition) is 5. The molecule has 0 amide bonds. The van der Waals surface area contributed by atoms with E-state index in [1.807, 2.05) is 30.3 Å². The zero-order chi connectivity index (χ0) is 14.4. The molecule has 1 aromatic rings. The van der Waals surface area contributed by atoms with Gasteiger partial charge < -0.3 is 20.1 Å². The highest BCUT2D eigenvalue weighted by Crippen LogP contribution is 2.15. The Labute approximate surface area is 118 Å². The Morgan fingerprint density at radius 1 is 1.25 bits per heavy atom. The summed E-state index contributed by atoms with van der Waals surface area (Å²) in [4.78, 5) is 0. The van der Waals surface area contributed by atoms with Crippen LogP contribution in [0.2, 0.25) is 0 Å². The predicted octanol–water partition coefficient (Wildman–Crippen LogP) is -0.848. The van der Waals surface area contributed by atoms with Gasteiger partial charge in [0, 0.05) is 13.2 Å². The molecule has 1 fully saturated rings. The van der Waals surface area contributed by atoms with Gasteiger partial charge in [-0.25, -0.2) is 5.43 Å². The molecule has 112 valence electrons. The average Bonchev–Trinajstić information content (AvgIpc) is 2.48. The van der Waals surface area contributed by atoms with Crippen LogP contribution < -0.4 is 10.9 Å². The number of ether oxygens (including phenoxy) is 1. The normalized spacial score (nSPS) is 28.2. The van der Waals surface area contributed by atoms with Gasteiger partial charge in [0.15, 0.2) is 0 Å². The number of β-amino-alcohol motifs (C(OH)–C–C–N with tert-alkyl or cyclic N) is 1. The first-order valence-electron chi connectivity index (χ1n) is 6.83. The van der Waals surface area contributed by atoms with E-state index in [-0.39, 0.29) is 13.2 Å². The lowest BCUT2D eigenvalue weighted by Crippen LogP contribution is -2.65. The Kier molecular flexibility index (Phi) is 5.90. The Hall–Kier alpha value is -1.02. The number of aliphatic hydroxyl groups excluding tert-OH is 3. The van der Waals surface area contributed by atoms with E-state index in [0.717, 1.165) is 5.56 Å². The Balaban J connectivity index is 1.95. The Morgan fingerprint density at radius 3 is 2.70 bits per heavy atom. The fourth-order valence-corrected chi connectivity index (χ4v) is 2.31. The summed E-state index contributed by atoms with van der Waals surface area (Å²) in [6.07, 6.45) is -1.78. The molecule has 1 aliphatic heterocycles. The third kappa shape index (κ3) is 3.99. The van der Waals surface area contributed by atoms with Crippen LogP contribution in [0.25, 0.3) is 0 Å². The van der Waals surface area contributed by atoms with Crippen LogP contribution in [-0.2, 0) is 11.3 Å². The van der Waals surface area contributed by atoms with Crippen molar-refractivity contribution in [2.24, 2.45) is 0 Å². The number of benzene rings is 1. The zero-order valence-electron chi connectivity index (χ0n) is 11.3. The minimum absolute atomic E-state index is 0.0412. The van der Waals surface area contributed by atoms with Crippen molar-refractivity contribution in [2.75, 3.05) is 13.2 Å². The van der Waals surface area contributed by atoms with Crippen LogP contribution in [0.3, 0.4) is 0 Å². The van der Waals surface area contributed by atoms with Crippen LogP contribution in [0, 0.1) is 0 Å². The van der Waals surface area contributed by atoms with E-state index in [9.17, 15) is 10.2 Å². The summed E-state index contributed by atoms with van der Waals surface area (Å²) in [5, 5.41) is 28.8. The van der Waals surface area contributed by atoms with E-state index in [4.69, 9.17) is 9.84 Å². The lowest BCUT2D eigenvalue weighted by molar-refractivity contribution is -0.0919. The highest BCUT2D eigenvalue weighted by molar-refractivity contribution is 5.13. The standard InChI is InChI=1S/C14H22N2O4/c17-7-6-12(13-14(19)11(18)8-15-16-13)20-9-10-4-2-1-3-5-10/h1-5,11-19H,6-9H2/t11-,12+,13-,14+/m1/s1. The van der Waals surface area contributed by atoms with Gasteiger partial charge in [-0.2, -0.15) is 0 Å². The molecule has 6 nitrogen and oxygen atoms in total. The van der Waals surface area contributed by atoms with E-state index in [1.165, 1.54) is 0 Å². The summed E-state index contributed by atoms with van der Waals surface area (Å²) in [6.45, 7) is 0.634. The number of hydrogen-bond acceptors (Lipinski definition) is 6. The van der Waals surface area contributed by atoms with Crippen molar-refractivity contribution in [3.05, 3.63) is 35.9 Å². The highest BCUT2D eigenvalue weighted by Gasteiger charge is 2.36. The Morgan fingerprint density at radius 2 is 2.00 bits per heavy atom. The second-order valence-electron chi connectivity index (χ2n) is 4.96. The second-order valence-corrected chi connectivity index (χ2v) is 4.96. The van der Waals surface area contributed by atoms with Crippen LogP contribution in [0.4, 0.5) is 0 Å². The summed E-state index contributed by atoms with van der Waals surface area (Å²) in [7, 11) is 0. The smallest absolute Gasteiger partial charge is 0.100 e. The van der Waals surface area contributed by atoms with Crippen LogP contribution in [0.1, 0.15) is 12.0 Å². The maximum absolute atomic E-state index is 10.0. The molecule has 1 saturated heterocycles. The molecular formula is C14H22N2O4. The lowest BCUT2D eigenvalue weighted by Gasteiger charge is -2.37. The maximum atomic E-state index is 10.0. The van der Waals surface area contributed by atoms with Crippen LogP contribution >= 0.6 is 0 Å². The molecular weight excluding hydrogens is 260 g/mol. The summed E-state index contributed by atoms with van der Waals surface area (Å²) in [5.74, 6) is 0. The van der Waals surface area contributed by atoms with Gasteiger partial charge in [0.2, 0.25) is 0 Å². The minimum atomic E-state index is -0.927. The van der Waals surface area contributed by atoms with E-state index >= 15 is 0 Å². The molecule has 5 N–H and O–H groups in total. The first-order valence-corrected chi connectivity index (χ1v) is 6.83. The SMILES string of the molecule is OCC[C@H](OCc1ccccc1)[C@H]1NNC[C@@H](O)[C@@H]1O. The van der Waals surface area contributed by atoms with Gasteiger partial charge in [-0.05, 0) is 12.0 Å². The summed E-state index contributed by atoms with van der Waals surface area (Å²) in [5.41, 5.74) is 6.78. The molecule has 2 rings (SSSR count). The van der Waals surface area contributed by atoms with Gasteiger partial charge >= 0.3 is 0 Å². The first kappa shape index (κ1) is 15.4. The molecule has 1 heterocycles. The third-order valence-corrected chi connectivity index (χ3v) is 3.46. The second kappa shape index (κ2) is 7.68. The lowest BCUT2D eigenvalue weighted by atomic mass is 9.97. The van der Waals surface area contributed by atoms with Gasteiger partial charge in [0.25, 0.3) is 0 Å². The molecule has 0 spiro atoms. The molecule has 0 saturated carbocycles. The van der Waals surface area contributed by atoms with Crippen molar-refractivity contribution in [1.29, 1.82) is 0 Å². The fourth-order valence-electron chi connectivity index (χ4n) is 2.31. The molecule has 0 radical (unpaired) electrons.